The van der Waals surface area contributed by atoms with Crippen LogP contribution in [-0.2, 0) is 19.6 Å². The Morgan fingerprint density at radius 3 is 2.21 bits per heavy atom. The second-order valence-electron chi connectivity index (χ2n) is 8.61. The molecule has 0 bridgehead atoms. The van der Waals surface area contributed by atoms with Crippen molar-refractivity contribution < 1.29 is 32.7 Å². The van der Waals surface area contributed by atoms with Crippen molar-refractivity contribution in [3.05, 3.63) is 59.9 Å². The number of amides is 1. The van der Waals surface area contributed by atoms with Gasteiger partial charge in [-0.25, -0.2) is 17.7 Å². The minimum Gasteiger partial charge on any atom is -0.340 e. The monoisotopic (exact) mass is 474 g/mol. The maximum atomic E-state index is 13.4. The molecule has 10 heteroatoms. The van der Waals surface area contributed by atoms with Gasteiger partial charge in [-0.2, -0.15) is 0 Å². The summed E-state index contributed by atoms with van der Waals surface area (Å²) in [5.41, 5.74) is 0.876. The fourth-order valence-electron chi connectivity index (χ4n) is 3.98. The molecule has 3 rings (SSSR count). The number of quaternary nitrogens is 1. The smallest absolute Gasteiger partial charge is 0.291 e. The van der Waals surface area contributed by atoms with Gasteiger partial charge in [0.05, 0.1) is 31.6 Å². The van der Waals surface area contributed by atoms with E-state index in [1.54, 1.807) is 24.5 Å². The lowest BCUT2D eigenvalue weighted by molar-refractivity contribution is -0.858. The van der Waals surface area contributed by atoms with E-state index in [0.29, 0.717) is 18.5 Å². The molecule has 33 heavy (non-hydrogen) atoms. The van der Waals surface area contributed by atoms with Crippen LogP contribution in [0.2, 0.25) is 0 Å². The Bertz CT molecular complexity index is 1130. The number of carbonyl (C=O) groups is 3. The summed E-state index contributed by atoms with van der Waals surface area (Å²) in [7, 11) is 3.21. The predicted molar refractivity (Wildman–Crippen MR) is 120 cm³/mol. The fraction of sp³-hybridized carbons (Fsp3) is 0.391. The average molecular weight is 475 g/mol. The van der Waals surface area contributed by atoms with Gasteiger partial charge in [0.2, 0.25) is 15.8 Å². The number of Topliss-reactive ketones (excluding diaryl/α,β-unsaturated/α-hetero) is 2. The van der Waals surface area contributed by atoms with Gasteiger partial charge in [0.15, 0.2) is 18.2 Å². The SMILES string of the molecule is CN(C)S(=O)(=O)c1ccc(C(=O)C2C(=O)C(=O)N(CCC[NH+](C)C)C2c2cc[nH+]cc2)cc1. The van der Waals surface area contributed by atoms with Crippen LogP contribution >= 0.6 is 0 Å². The molecule has 9 nitrogen and oxygen atoms in total. The Hall–Kier alpha value is -2.95. The zero-order valence-corrected chi connectivity index (χ0v) is 20.1. The number of sulfonamides is 1. The van der Waals surface area contributed by atoms with Crippen molar-refractivity contribution in [2.75, 3.05) is 41.3 Å². The number of benzene rings is 1. The van der Waals surface area contributed by atoms with E-state index in [1.807, 2.05) is 14.1 Å². The molecule has 2 atom stereocenters. The van der Waals surface area contributed by atoms with Crippen molar-refractivity contribution in [3.63, 3.8) is 0 Å². The quantitative estimate of drug-likeness (QED) is 0.292. The highest BCUT2D eigenvalue weighted by Crippen LogP contribution is 2.38. The molecule has 0 aliphatic carbocycles. The van der Waals surface area contributed by atoms with E-state index in [9.17, 15) is 22.8 Å². The van der Waals surface area contributed by atoms with Gasteiger partial charge >= 0.3 is 0 Å². The molecule has 2 heterocycles. The predicted octanol–water partition coefficient (Wildman–Crippen LogP) is -0.763. The summed E-state index contributed by atoms with van der Waals surface area (Å²) in [4.78, 5) is 45.0. The molecule has 2 unspecified atom stereocenters. The van der Waals surface area contributed by atoms with Crippen molar-refractivity contribution in [1.82, 2.24) is 9.21 Å². The minimum atomic E-state index is -3.65. The summed E-state index contributed by atoms with van der Waals surface area (Å²) >= 11 is 0. The molecule has 1 amide bonds. The molecule has 1 saturated heterocycles. The van der Waals surface area contributed by atoms with Crippen LogP contribution in [0.15, 0.2) is 53.7 Å². The number of nitrogens with one attached hydrogen (secondary N) is 2. The summed E-state index contributed by atoms with van der Waals surface area (Å²) in [6.07, 6.45) is 4.06. The number of aromatic nitrogens is 1. The van der Waals surface area contributed by atoms with Gasteiger partial charge in [-0.1, -0.05) is 12.1 Å². The van der Waals surface area contributed by atoms with Gasteiger partial charge in [-0.05, 0) is 17.7 Å². The first kappa shape index (κ1) is 24.7. The van der Waals surface area contributed by atoms with Gasteiger partial charge < -0.3 is 9.80 Å². The number of aromatic amines is 1. The molecule has 1 aromatic carbocycles. The zero-order valence-electron chi connectivity index (χ0n) is 19.2. The van der Waals surface area contributed by atoms with Gasteiger partial charge in [-0.3, -0.25) is 14.4 Å². The van der Waals surface area contributed by atoms with Gasteiger partial charge in [0.1, 0.15) is 5.92 Å². The number of hydrogen-bond donors (Lipinski definition) is 1. The van der Waals surface area contributed by atoms with Crippen molar-refractivity contribution in [1.29, 1.82) is 0 Å². The van der Waals surface area contributed by atoms with Crippen molar-refractivity contribution in [2.45, 2.75) is 17.4 Å². The maximum absolute atomic E-state index is 13.4. The van der Waals surface area contributed by atoms with Gasteiger partial charge in [0.25, 0.3) is 5.91 Å². The molecule has 1 aliphatic rings. The summed E-state index contributed by atoms with van der Waals surface area (Å²) < 4.78 is 25.7. The van der Waals surface area contributed by atoms with Crippen molar-refractivity contribution in [2.24, 2.45) is 5.92 Å². The third-order valence-corrected chi connectivity index (χ3v) is 7.60. The molecule has 1 aromatic heterocycles. The molecule has 0 radical (unpaired) electrons. The van der Waals surface area contributed by atoms with Crippen LogP contribution in [-0.4, -0.2) is 76.4 Å². The summed E-state index contributed by atoms with van der Waals surface area (Å²) in [5.74, 6) is -3.09. The third kappa shape index (κ3) is 5.02. The Labute approximate surface area is 194 Å². The fourth-order valence-corrected chi connectivity index (χ4v) is 4.88. The first-order valence-electron chi connectivity index (χ1n) is 10.7. The summed E-state index contributed by atoms with van der Waals surface area (Å²) in [5, 5.41) is 0. The lowest BCUT2D eigenvalue weighted by Crippen LogP contribution is -3.05. The maximum Gasteiger partial charge on any atom is 0.291 e. The first-order chi connectivity index (χ1) is 15.6. The highest BCUT2D eigenvalue weighted by molar-refractivity contribution is 7.89. The number of pyridine rings is 1. The van der Waals surface area contributed by atoms with E-state index in [1.165, 1.54) is 48.2 Å². The Morgan fingerprint density at radius 2 is 1.67 bits per heavy atom. The number of ketones is 2. The van der Waals surface area contributed by atoms with Crippen LogP contribution in [0.4, 0.5) is 0 Å². The van der Waals surface area contributed by atoms with Gasteiger partial charge in [-0.15, -0.1) is 0 Å². The van der Waals surface area contributed by atoms with Crippen LogP contribution in [0, 0.1) is 5.92 Å². The highest BCUT2D eigenvalue weighted by atomic mass is 32.2. The number of rotatable bonds is 9. The molecule has 2 N–H and O–H groups in total. The van der Waals surface area contributed by atoms with Crippen LogP contribution in [0.5, 0.6) is 0 Å². The molecule has 2 aromatic rings. The van der Waals surface area contributed by atoms with E-state index in [4.69, 9.17) is 0 Å². The molecule has 1 fully saturated rings. The van der Waals surface area contributed by atoms with E-state index in [-0.39, 0.29) is 10.5 Å². The van der Waals surface area contributed by atoms with E-state index >= 15 is 0 Å². The third-order valence-electron chi connectivity index (χ3n) is 5.77. The lowest BCUT2D eigenvalue weighted by Gasteiger charge is -2.27. The molecule has 0 saturated carbocycles. The minimum absolute atomic E-state index is 0.0424. The van der Waals surface area contributed by atoms with Crippen LogP contribution in [0.1, 0.15) is 28.4 Å². The van der Waals surface area contributed by atoms with E-state index in [2.05, 4.69) is 4.98 Å². The van der Waals surface area contributed by atoms with Gasteiger partial charge in [0, 0.05) is 44.8 Å². The molecular weight excluding hydrogens is 444 g/mol. The largest absolute Gasteiger partial charge is 0.340 e. The summed E-state index contributed by atoms with van der Waals surface area (Å²) in [6, 6.07) is 8.27. The van der Waals surface area contributed by atoms with Crippen LogP contribution in [0.3, 0.4) is 0 Å². The number of carbonyl (C=O) groups excluding carboxylic acids is 3. The Balaban J connectivity index is 1.96. The van der Waals surface area contributed by atoms with Crippen molar-refractivity contribution in [3.8, 4) is 0 Å². The normalized spacial score (nSPS) is 19.0. The second-order valence-corrected chi connectivity index (χ2v) is 10.8. The van der Waals surface area contributed by atoms with Crippen LogP contribution in [0.25, 0.3) is 0 Å². The number of likely N-dealkylation sites (tertiary alicyclic amines) is 1. The standard InChI is InChI=1S/C23H28N4O5S/c1-25(2)14-5-15-27-20(16-10-12-24-13-11-16)19(22(29)23(27)30)21(28)17-6-8-18(9-7-17)33(31,32)26(3)4/h6-13,19-20H,5,14-15H2,1-4H3/p+2. The molecule has 176 valence electrons. The summed E-state index contributed by atoms with van der Waals surface area (Å²) in [6.45, 7) is 1.18. The zero-order chi connectivity index (χ0) is 24.3. The molecular formula is C23H30N4O5S+2. The number of H-pyrrole nitrogens is 1. The topological polar surface area (TPSA) is 110 Å². The van der Waals surface area contributed by atoms with Crippen molar-refractivity contribution >= 4 is 27.5 Å². The highest BCUT2D eigenvalue weighted by Gasteiger charge is 2.51. The molecule has 1 aliphatic heterocycles. The average Bonchev–Trinajstić information content (AvgIpc) is 3.04. The van der Waals surface area contributed by atoms with Crippen LogP contribution < -0.4 is 9.88 Å². The Morgan fingerprint density at radius 1 is 1.06 bits per heavy atom. The Kier molecular flexibility index (Phi) is 7.41. The molecule has 0 spiro atoms. The van der Waals surface area contributed by atoms with E-state index < -0.39 is 39.5 Å². The lowest BCUT2D eigenvalue weighted by atomic mass is 9.86. The van der Waals surface area contributed by atoms with E-state index in [0.717, 1.165) is 10.8 Å². The second kappa shape index (κ2) is 9.90. The first-order valence-corrected chi connectivity index (χ1v) is 12.2. The number of hydrogen-bond acceptors (Lipinski definition) is 5. The number of nitrogens with zero attached hydrogens (tertiary/aromatic N) is 2.